The first-order chi connectivity index (χ1) is 17.0. The Hall–Kier alpha value is -1.47. The minimum atomic E-state index is -0.894. The Kier molecular flexibility index (Phi) is 5.88. The molecule has 6 aliphatic rings. The van der Waals surface area contributed by atoms with E-state index in [1.165, 1.54) is 5.57 Å². The van der Waals surface area contributed by atoms with E-state index < -0.39 is 57.5 Å². The van der Waals surface area contributed by atoms with E-state index in [0.717, 1.165) is 12.0 Å². The van der Waals surface area contributed by atoms with Crippen molar-refractivity contribution in [3.63, 3.8) is 0 Å². The second-order valence-corrected chi connectivity index (χ2v) is 14.2. The molecule has 37 heavy (non-hydrogen) atoms. The highest BCUT2D eigenvalue weighted by Gasteiger charge is 2.80. The van der Waals surface area contributed by atoms with Crippen LogP contribution in [0.15, 0.2) is 36.0 Å². The predicted octanol–water partition coefficient (Wildman–Crippen LogP) is 5.60. The maximum Gasteiger partial charge on any atom is 0.306 e. The van der Waals surface area contributed by atoms with Gasteiger partial charge in [0.15, 0.2) is 0 Å². The van der Waals surface area contributed by atoms with Crippen LogP contribution >= 0.6 is 0 Å². The molecule has 1 saturated heterocycles. The second-order valence-electron chi connectivity index (χ2n) is 14.2. The van der Waals surface area contributed by atoms with Gasteiger partial charge in [0.25, 0.3) is 0 Å². The lowest BCUT2D eigenvalue weighted by molar-refractivity contribution is -0.483. The number of allylic oxidation sites excluding steroid dienone is 2. The SMILES string of the molecule is C=C(CC[C@@H](C(=O)O)[C@H]1[C@H](O)C[C@@]2(C)[C@]34C=C[C@@]5(OO3)C(C)(C)[C@@H](O)CC[C@]5(C)C4=CC[C@]12C)C(C)C. The molecule has 2 aliphatic heterocycles. The summed E-state index contributed by atoms with van der Waals surface area (Å²) in [6.07, 6.45) is 8.87. The van der Waals surface area contributed by atoms with Crippen molar-refractivity contribution >= 4 is 5.97 Å². The summed E-state index contributed by atoms with van der Waals surface area (Å²) >= 11 is 0. The normalized spacial score (nSPS) is 48.2. The minimum Gasteiger partial charge on any atom is -0.481 e. The number of carbonyl (C=O) groups is 1. The first kappa shape index (κ1) is 27.1. The molecule has 0 aromatic heterocycles. The Labute approximate surface area is 221 Å². The summed E-state index contributed by atoms with van der Waals surface area (Å²) in [5.74, 6) is -1.67. The molecule has 6 rings (SSSR count). The van der Waals surface area contributed by atoms with Crippen LogP contribution in [0.2, 0.25) is 0 Å². The highest BCUT2D eigenvalue weighted by Crippen LogP contribution is 2.77. The zero-order valence-corrected chi connectivity index (χ0v) is 23.6. The Morgan fingerprint density at radius 2 is 1.81 bits per heavy atom. The fourth-order valence-electron chi connectivity index (χ4n) is 9.40. The number of hydrogen-bond acceptors (Lipinski definition) is 5. The molecule has 2 spiro atoms. The van der Waals surface area contributed by atoms with Gasteiger partial charge in [0.1, 0.15) is 11.2 Å². The second kappa shape index (κ2) is 8.03. The Morgan fingerprint density at radius 3 is 2.38 bits per heavy atom. The molecule has 2 bridgehead atoms. The van der Waals surface area contributed by atoms with E-state index in [2.05, 4.69) is 59.4 Å². The van der Waals surface area contributed by atoms with Crippen LogP contribution in [0, 0.1) is 39.4 Å². The highest BCUT2D eigenvalue weighted by atomic mass is 17.2. The van der Waals surface area contributed by atoms with Gasteiger partial charge in [-0.25, -0.2) is 9.78 Å². The molecule has 3 N–H and O–H groups in total. The molecule has 206 valence electrons. The molecule has 0 radical (unpaired) electrons. The molecule has 2 heterocycles. The average molecular weight is 515 g/mol. The number of aliphatic hydroxyl groups excluding tert-OH is 2. The summed E-state index contributed by atoms with van der Waals surface area (Å²) in [5.41, 5.74) is -1.52. The monoisotopic (exact) mass is 514 g/mol. The number of aliphatic hydroxyl groups is 2. The van der Waals surface area contributed by atoms with Crippen molar-refractivity contribution in [3.05, 3.63) is 36.0 Å². The van der Waals surface area contributed by atoms with Gasteiger partial charge in [-0.15, -0.1) is 0 Å². The quantitative estimate of drug-likeness (QED) is 0.315. The summed E-state index contributed by atoms with van der Waals surface area (Å²) in [5, 5.41) is 33.0. The summed E-state index contributed by atoms with van der Waals surface area (Å²) in [6.45, 7) is 19.0. The summed E-state index contributed by atoms with van der Waals surface area (Å²) in [7, 11) is 0. The zero-order valence-electron chi connectivity index (χ0n) is 23.6. The van der Waals surface area contributed by atoms with Gasteiger partial charge in [0.2, 0.25) is 0 Å². The van der Waals surface area contributed by atoms with Crippen molar-refractivity contribution in [1.29, 1.82) is 0 Å². The lowest BCUT2D eigenvalue weighted by Crippen LogP contribution is -2.76. The number of aliphatic carboxylic acids is 1. The lowest BCUT2D eigenvalue weighted by atomic mass is 9.39. The van der Waals surface area contributed by atoms with Crippen molar-refractivity contribution in [1.82, 2.24) is 0 Å². The topological polar surface area (TPSA) is 96.2 Å². The van der Waals surface area contributed by atoms with Gasteiger partial charge in [-0.2, -0.15) is 0 Å². The molecule has 6 heteroatoms. The average Bonchev–Trinajstić information content (AvgIpc) is 3.03. The van der Waals surface area contributed by atoms with Gasteiger partial charge in [0, 0.05) is 22.2 Å². The van der Waals surface area contributed by atoms with Crippen LogP contribution in [-0.4, -0.2) is 44.7 Å². The Morgan fingerprint density at radius 1 is 1.14 bits per heavy atom. The third-order valence-corrected chi connectivity index (χ3v) is 12.3. The summed E-state index contributed by atoms with van der Waals surface area (Å²) < 4.78 is 0. The molecule has 0 amide bonds. The third-order valence-electron chi connectivity index (χ3n) is 12.3. The van der Waals surface area contributed by atoms with Gasteiger partial charge < -0.3 is 15.3 Å². The van der Waals surface area contributed by atoms with E-state index in [1.54, 1.807) is 0 Å². The number of carboxylic acid groups (broad SMARTS) is 1. The third kappa shape index (κ3) is 2.99. The van der Waals surface area contributed by atoms with Crippen LogP contribution in [0.4, 0.5) is 0 Å². The van der Waals surface area contributed by atoms with Gasteiger partial charge in [0.05, 0.1) is 18.1 Å². The fraction of sp³-hybridized carbons (Fsp3) is 0.774. The molecule has 0 unspecified atom stereocenters. The molecule has 0 aromatic carbocycles. The smallest absolute Gasteiger partial charge is 0.306 e. The van der Waals surface area contributed by atoms with Gasteiger partial charge in [-0.3, -0.25) is 4.79 Å². The van der Waals surface area contributed by atoms with Crippen LogP contribution in [0.25, 0.3) is 0 Å². The van der Waals surface area contributed by atoms with Crippen molar-refractivity contribution in [3.8, 4) is 0 Å². The lowest BCUT2D eigenvalue weighted by Gasteiger charge is -2.72. The number of fused-ring (bicyclic) bond motifs is 2. The van der Waals surface area contributed by atoms with Gasteiger partial charge in [-0.05, 0) is 67.6 Å². The van der Waals surface area contributed by atoms with Crippen LogP contribution in [0.1, 0.15) is 87.0 Å². The highest BCUT2D eigenvalue weighted by molar-refractivity contribution is 5.71. The van der Waals surface area contributed by atoms with Crippen LogP contribution in [0.3, 0.4) is 0 Å². The minimum absolute atomic E-state index is 0.294. The maximum atomic E-state index is 12.7. The molecule has 6 nitrogen and oxygen atoms in total. The van der Waals surface area contributed by atoms with Crippen LogP contribution in [0.5, 0.6) is 0 Å². The van der Waals surface area contributed by atoms with Crippen molar-refractivity contribution in [2.45, 2.75) is 110 Å². The zero-order chi connectivity index (χ0) is 27.4. The largest absolute Gasteiger partial charge is 0.481 e. The predicted molar refractivity (Wildman–Crippen MR) is 141 cm³/mol. The van der Waals surface area contributed by atoms with Gasteiger partial charge >= 0.3 is 5.97 Å². The van der Waals surface area contributed by atoms with Crippen molar-refractivity contribution in [2.24, 2.45) is 39.4 Å². The van der Waals surface area contributed by atoms with E-state index in [9.17, 15) is 20.1 Å². The first-order valence-corrected chi connectivity index (χ1v) is 14.1. The van der Waals surface area contributed by atoms with Crippen LogP contribution < -0.4 is 0 Å². The fourth-order valence-corrected chi connectivity index (χ4v) is 9.40. The first-order valence-electron chi connectivity index (χ1n) is 14.1. The van der Waals surface area contributed by atoms with E-state index in [4.69, 9.17) is 9.78 Å². The van der Waals surface area contributed by atoms with Crippen LogP contribution in [-0.2, 0) is 14.6 Å². The van der Waals surface area contributed by atoms with E-state index in [0.29, 0.717) is 38.0 Å². The van der Waals surface area contributed by atoms with E-state index in [1.807, 2.05) is 13.8 Å². The number of hydrogen-bond donors (Lipinski definition) is 3. The number of rotatable bonds is 6. The van der Waals surface area contributed by atoms with Gasteiger partial charge in [-0.1, -0.05) is 66.7 Å². The maximum absolute atomic E-state index is 12.7. The number of carboxylic acids is 1. The molecule has 0 aromatic rings. The van der Waals surface area contributed by atoms with Crippen molar-refractivity contribution < 1.29 is 29.9 Å². The summed E-state index contributed by atoms with van der Waals surface area (Å²) in [6, 6.07) is 0. The molecular weight excluding hydrogens is 468 g/mol. The Balaban J connectivity index is 1.60. The standard InChI is InChI=1S/C31H46O6/c1-18(2)19(3)9-10-20(25(34)35)24-21(32)17-29(8)28(24,7)13-11-22-27(6)14-12-23(33)26(4,5)31(27)16-15-30(22,29)36-37-31/h11,15-16,18,20-21,23-24,32-33H,3,9-10,12-14,17H2,1-2,4-8H3,(H,34,35)/t20-,21-,23+,24+,27-,28-,29-,30-,31-/m1/s1. The van der Waals surface area contributed by atoms with E-state index in [-0.39, 0.29) is 5.41 Å². The molecule has 3 fully saturated rings. The summed E-state index contributed by atoms with van der Waals surface area (Å²) in [4.78, 5) is 25.6. The molecule has 4 aliphatic carbocycles. The Bertz CT molecular complexity index is 1070. The molecule has 2 saturated carbocycles. The van der Waals surface area contributed by atoms with Crippen molar-refractivity contribution in [2.75, 3.05) is 0 Å². The molecular formula is C31H46O6. The molecule has 9 atom stereocenters. The van der Waals surface area contributed by atoms with E-state index >= 15 is 0 Å².